The van der Waals surface area contributed by atoms with Crippen LogP contribution in [-0.4, -0.2) is 75.0 Å². The molecule has 0 radical (unpaired) electrons. The van der Waals surface area contributed by atoms with Crippen LogP contribution in [0.2, 0.25) is 10.0 Å². The number of rotatable bonds is 5. The summed E-state index contributed by atoms with van der Waals surface area (Å²) in [5.74, 6) is -3.00. The Kier molecular flexibility index (Phi) is 7.73. The summed E-state index contributed by atoms with van der Waals surface area (Å²) >= 11 is 11.5. The first-order chi connectivity index (χ1) is 19.3. The summed E-state index contributed by atoms with van der Waals surface area (Å²) in [6, 6.07) is 1.73. The minimum atomic E-state index is -4.93. The molecule has 218 valence electrons. The van der Waals surface area contributed by atoms with Crippen LogP contribution in [0.5, 0.6) is 0 Å². The van der Waals surface area contributed by atoms with Crippen LogP contribution < -0.4 is 0 Å². The predicted octanol–water partition coefficient (Wildman–Crippen LogP) is 3.23. The Morgan fingerprint density at radius 1 is 1.10 bits per heavy atom. The number of aryl methyl sites for hydroxylation is 1. The van der Waals surface area contributed by atoms with E-state index in [0.29, 0.717) is 0 Å². The third-order valence-corrected chi connectivity index (χ3v) is 6.84. The van der Waals surface area contributed by atoms with Gasteiger partial charge in [-0.05, 0) is 25.1 Å². The van der Waals surface area contributed by atoms with Crippen molar-refractivity contribution in [1.29, 1.82) is 0 Å². The van der Waals surface area contributed by atoms with E-state index in [0.717, 1.165) is 40.0 Å². The Labute approximate surface area is 236 Å². The summed E-state index contributed by atoms with van der Waals surface area (Å²) in [5.41, 5.74) is -2.50. The van der Waals surface area contributed by atoms with Gasteiger partial charge in [0.15, 0.2) is 23.2 Å². The van der Waals surface area contributed by atoms with E-state index in [9.17, 15) is 37.3 Å². The van der Waals surface area contributed by atoms with Gasteiger partial charge in [0.25, 0.3) is 0 Å². The van der Waals surface area contributed by atoms with Gasteiger partial charge in [-0.15, -0.1) is 5.10 Å². The third-order valence-electron chi connectivity index (χ3n) is 6.34. The van der Waals surface area contributed by atoms with Crippen molar-refractivity contribution in [3.63, 3.8) is 0 Å². The predicted molar refractivity (Wildman–Crippen MR) is 130 cm³/mol. The van der Waals surface area contributed by atoms with Crippen LogP contribution in [-0.2, 0) is 10.9 Å². The molecule has 1 aliphatic rings. The van der Waals surface area contributed by atoms with Gasteiger partial charge in [-0.1, -0.05) is 28.4 Å². The highest BCUT2D eigenvalue weighted by Gasteiger charge is 2.49. The fraction of sp³-hybridized carbons (Fsp3) is 0.348. The van der Waals surface area contributed by atoms with Crippen molar-refractivity contribution < 1.29 is 42.0 Å². The Bertz CT molecular complexity index is 1600. The summed E-state index contributed by atoms with van der Waals surface area (Å²) < 4.78 is 77.3. The molecule has 0 bridgehead atoms. The molecule has 5 atom stereocenters. The fourth-order valence-corrected chi connectivity index (χ4v) is 4.80. The van der Waals surface area contributed by atoms with Gasteiger partial charge in [0.05, 0.1) is 28.5 Å². The average Bonchev–Trinajstić information content (AvgIpc) is 3.54. The normalized spacial score (nSPS) is 23.2. The number of pyridine rings is 1. The Hall–Kier alpha value is -3.28. The van der Waals surface area contributed by atoms with E-state index in [-0.39, 0.29) is 27.9 Å². The smallest absolute Gasteiger partial charge is 0.394 e. The van der Waals surface area contributed by atoms with E-state index in [1.165, 1.54) is 6.92 Å². The van der Waals surface area contributed by atoms with Gasteiger partial charge in [0, 0.05) is 11.8 Å². The molecule has 1 fully saturated rings. The van der Waals surface area contributed by atoms with E-state index in [4.69, 9.17) is 27.9 Å². The highest BCUT2D eigenvalue weighted by atomic mass is 35.5. The zero-order valence-corrected chi connectivity index (χ0v) is 22.0. The summed E-state index contributed by atoms with van der Waals surface area (Å²) in [6.07, 6.45) is -9.48. The maximum atomic E-state index is 14.5. The maximum absolute atomic E-state index is 14.5. The number of aliphatic hydroxyl groups is 3. The number of halogens is 7. The van der Waals surface area contributed by atoms with E-state index in [1.807, 2.05) is 0 Å². The maximum Gasteiger partial charge on any atom is 0.435 e. The lowest BCUT2D eigenvalue weighted by molar-refractivity contribution is -0.210. The molecule has 4 aromatic rings. The summed E-state index contributed by atoms with van der Waals surface area (Å²) in [4.78, 5) is 7.51. The Balaban J connectivity index is 1.59. The van der Waals surface area contributed by atoms with E-state index in [1.54, 1.807) is 0 Å². The van der Waals surface area contributed by atoms with Gasteiger partial charge in [-0.25, -0.2) is 28.1 Å². The van der Waals surface area contributed by atoms with E-state index < -0.39 is 71.3 Å². The van der Waals surface area contributed by atoms with Gasteiger partial charge in [-0.2, -0.15) is 18.3 Å². The van der Waals surface area contributed by atoms with Crippen LogP contribution in [0.15, 0.2) is 30.6 Å². The highest BCUT2D eigenvalue weighted by molar-refractivity contribution is 6.31. The fourth-order valence-electron chi connectivity index (χ4n) is 4.50. The molecule has 0 unspecified atom stereocenters. The highest BCUT2D eigenvalue weighted by Crippen LogP contribution is 2.40. The first kappa shape index (κ1) is 29.2. The molecule has 3 N–H and O–H groups in total. The second-order valence-corrected chi connectivity index (χ2v) is 9.85. The Morgan fingerprint density at radius 2 is 1.83 bits per heavy atom. The molecular formula is C23H18Cl2F5N7O4. The zero-order chi connectivity index (χ0) is 29.8. The van der Waals surface area contributed by atoms with Crippen LogP contribution in [0, 0.1) is 18.6 Å². The molecule has 0 spiro atoms. The number of aromatic nitrogens is 7. The monoisotopic (exact) mass is 621 g/mol. The molecule has 41 heavy (non-hydrogen) atoms. The molecule has 1 aromatic carbocycles. The molecular weight excluding hydrogens is 604 g/mol. The second kappa shape index (κ2) is 10.8. The van der Waals surface area contributed by atoms with Crippen LogP contribution in [0.4, 0.5) is 22.0 Å². The van der Waals surface area contributed by atoms with Gasteiger partial charge in [0.1, 0.15) is 42.0 Å². The number of hydrogen-bond donors (Lipinski definition) is 3. The topological polar surface area (TPSA) is 144 Å². The number of ether oxygens (including phenoxy) is 1. The molecule has 0 amide bonds. The van der Waals surface area contributed by atoms with Crippen molar-refractivity contribution in [2.24, 2.45) is 0 Å². The molecule has 0 saturated carbocycles. The number of benzene rings is 1. The molecule has 1 aliphatic heterocycles. The molecule has 1 saturated heterocycles. The molecule has 5 rings (SSSR count). The van der Waals surface area contributed by atoms with Crippen molar-refractivity contribution in [3.05, 3.63) is 69.6 Å². The summed E-state index contributed by atoms with van der Waals surface area (Å²) in [6.45, 7) is 0.582. The standard InChI is InChI=1S/C23H18Cl2F5N7O4/c1-8-32-22(37(34-8)13-4-9(24)5-31-21(13)23(28,29)30)20-19(40)17(18(39)14(7-38)41-20)36-6-12(33-35-36)10-2-3-11(25)16(27)15(10)26/h2-6,14,17-20,38-40H,7H2,1H3/t14-,17+,18+,19-,20-/m1/s1. The van der Waals surface area contributed by atoms with Crippen LogP contribution in [0.1, 0.15) is 29.5 Å². The SMILES string of the molecule is Cc1nc([C@@H]2O[C@H](CO)[C@H](O)[C@H](n3cc(-c4ccc(Cl)c(F)c4F)nn3)[C@H]2O)n(-c2cc(Cl)cnc2C(F)(F)F)n1. The molecule has 4 heterocycles. The summed E-state index contributed by atoms with van der Waals surface area (Å²) in [7, 11) is 0. The van der Waals surface area contributed by atoms with Crippen molar-refractivity contribution in [2.75, 3.05) is 6.61 Å². The molecule has 0 aliphatic carbocycles. The van der Waals surface area contributed by atoms with Crippen LogP contribution in [0.3, 0.4) is 0 Å². The Morgan fingerprint density at radius 3 is 2.51 bits per heavy atom. The van der Waals surface area contributed by atoms with E-state index in [2.05, 4.69) is 25.4 Å². The van der Waals surface area contributed by atoms with Crippen molar-refractivity contribution in [1.82, 2.24) is 34.7 Å². The molecule has 18 heteroatoms. The second-order valence-electron chi connectivity index (χ2n) is 9.00. The number of nitrogens with zero attached hydrogens (tertiary/aromatic N) is 7. The minimum absolute atomic E-state index is 0.0181. The number of alkyl halides is 3. The van der Waals surface area contributed by atoms with Gasteiger partial charge in [0.2, 0.25) is 0 Å². The molecule has 3 aromatic heterocycles. The van der Waals surface area contributed by atoms with Crippen LogP contribution >= 0.6 is 23.2 Å². The van der Waals surface area contributed by atoms with Gasteiger partial charge in [-0.3, -0.25) is 0 Å². The lowest BCUT2D eigenvalue weighted by Crippen LogP contribution is -2.53. The minimum Gasteiger partial charge on any atom is -0.394 e. The van der Waals surface area contributed by atoms with Crippen molar-refractivity contribution in [2.45, 2.75) is 43.6 Å². The zero-order valence-electron chi connectivity index (χ0n) is 20.5. The number of hydrogen-bond acceptors (Lipinski definition) is 9. The van der Waals surface area contributed by atoms with Gasteiger partial charge >= 0.3 is 6.18 Å². The first-order valence-electron chi connectivity index (χ1n) is 11.7. The van der Waals surface area contributed by atoms with E-state index >= 15 is 0 Å². The third kappa shape index (κ3) is 5.26. The average molecular weight is 622 g/mol. The summed E-state index contributed by atoms with van der Waals surface area (Å²) in [5, 5.41) is 43.1. The quantitative estimate of drug-likeness (QED) is 0.226. The number of aliphatic hydroxyl groups excluding tert-OH is 3. The first-order valence-corrected chi connectivity index (χ1v) is 12.4. The molecule has 11 nitrogen and oxygen atoms in total. The van der Waals surface area contributed by atoms with Crippen molar-refractivity contribution in [3.8, 4) is 16.9 Å². The van der Waals surface area contributed by atoms with Gasteiger partial charge < -0.3 is 20.1 Å². The van der Waals surface area contributed by atoms with Crippen molar-refractivity contribution >= 4 is 23.2 Å². The van der Waals surface area contributed by atoms with Crippen LogP contribution in [0.25, 0.3) is 16.9 Å². The largest absolute Gasteiger partial charge is 0.435 e. The lowest BCUT2D eigenvalue weighted by atomic mass is 9.92. The lowest BCUT2D eigenvalue weighted by Gasteiger charge is -2.41.